The molecule has 4 nitrogen and oxygen atoms in total. The standard InChI is InChI=1S/C17H15N3OS/c1-11(21)19-15-8-4-13(5-9-15)17-20-16(10-22-17)12-2-6-14(18)7-3-12/h2-10H,18H2,1H3,(H,19,21). The number of nitrogens with two attached hydrogens (primary N) is 1. The van der Waals surface area contributed by atoms with Crippen LogP contribution in [0.4, 0.5) is 11.4 Å². The minimum absolute atomic E-state index is 0.0763. The second kappa shape index (κ2) is 5.99. The number of carbonyl (C=O) groups excluding carboxylic acids is 1. The van der Waals surface area contributed by atoms with E-state index in [1.54, 1.807) is 11.3 Å². The first-order valence-electron chi connectivity index (χ1n) is 6.81. The van der Waals surface area contributed by atoms with E-state index in [0.29, 0.717) is 0 Å². The van der Waals surface area contributed by atoms with Crippen molar-refractivity contribution in [3.63, 3.8) is 0 Å². The van der Waals surface area contributed by atoms with E-state index in [1.807, 2.05) is 53.9 Å². The van der Waals surface area contributed by atoms with Gasteiger partial charge in [0.05, 0.1) is 5.69 Å². The fraction of sp³-hybridized carbons (Fsp3) is 0.0588. The highest BCUT2D eigenvalue weighted by molar-refractivity contribution is 7.13. The van der Waals surface area contributed by atoms with Crippen molar-refractivity contribution < 1.29 is 4.79 Å². The van der Waals surface area contributed by atoms with Crippen molar-refractivity contribution >= 4 is 28.6 Å². The van der Waals surface area contributed by atoms with Crippen molar-refractivity contribution in [1.29, 1.82) is 0 Å². The van der Waals surface area contributed by atoms with E-state index in [0.717, 1.165) is 33.2 Å². The Labute approximate surface area is 132 Å². The lowest BCUT2D eigenvalue weighted by atomic mass is 10.1. The Morgan fingerprint density at radius 3 is 2.32 bits per heavy atom. The van der Waals surface area contributed by atoms with Crippen LogP contribution in [0.1, 0.15) is 6.92 Å². The van der Waals surface area contributed by atoms with Crippen molar-refractivity contribution in [3.8, 4) is 21.8 Å². The molecule has 0 saturated heterocycles. The number of amides is 1. The average Bonchev–Trinajstić information content (AvgIpc) is 2.98. The Hall–Kier alpha value is -2.66. The third-order valence-electron chi connectivity index (χ3n) is 3.16. The zero-order chi connectivity index (χ0) is 15.5. The summed E-state index contributed by atoms with van der Waals surface area (Å²) in [6.07, 6.45) is 0. The molecule has 3 rings (SSSR count). The van der Waals surface area contributed by atoms with E-state index in [4.69, 9.17) is 5.73 Å². The predicted molar refractivity (Wildman–Crippen MR) is 91.7 cm³/mol. The number of carbonyl (C=O) groups is 1. The number of nitrogens with one attached hydrogen (secondary N) is 1. The number of anilines is 2. The highest BCUT2D eigenvalue weighted by Gasteiger charge is 2.07. The van der Waals surface area contributed by atoms with Gasteiger partial charge in [-0.3, -0.25) is 4.79 Å². The maximum Gasteiger partial charge on any atom is 0.221 e. The Morgan fingerprint density at radius 1 is 1.05 bits per heavy atom. The van der Waals surface area contributed by atoms with Crippen LogP contribution in [0, 0.1) is 0 Å². The molecule has 0 bridgehead atoms. The van der Waals surface area contributed by atoms with Crippen LogP contribution in [0.25, 0.3) is 21.8 Å². The van der Waals surface area contributed by atoms with Crippen LogP contribution in [0.2, 0.25) is 0 Å². The molecule has 2 aromatic carbocycles. The molecule has 22 heavy (non-hydrogen) atoms. The van der Waals surface area contributed by atoms with Crippen LogP contribution in [0.3, 0.4) is 0 Å². The van der Waals surface area contributed by atoms with Crippen molar-refractivity contribution in [1.82, 2.24) is 4.98 Å². The van der Waals surface area contributed by atoms with Gasteiger partial charge in [0, 0.05) is 34.8 Å². The monoisotopic (exact) mass is 309 g/mol. The van der Waals surface area contributed by atoms with E-state index in [9.17, 15) is 4.79 Å². The van der Waals surface area contributed by atoms with Crippen molar-refractivity contribution in [2.24, 2.45) is 0 Å². The van der Waals surface area contributed by atoms with Crippen LogP contribution in [-0.2, 0) is 4.79 Å². The second-order valence-electron chi connectivity index (χ2n) is 4.92. The smallest absolute Gasteiger partial charge is 0.221 e. The van der Waals surface area contributed by atoms with Gasteiger partial charge in [0.15, 0.2) is 0 Å². The Balaban J connectivity index is 1.84. The van der Waals surface area contributed by atoms with Gasteiger partial charge < -0.3 is 11.1 Å². The van der Waals surface area contributed by atoms with Crippen molar-refractivity contribution in [2.45, 2.75) is 6.92 Å². The number of nitrogen functional groups attached to an aromatic ring is 1. The lowest BCUT2D eigenvalue weighted by Gasteiger charge is -2.02. The van der Waals surface area contributed by atoms with Crippen molar-refractivity contribution in [2.75, 3.05) is 11.1 Å². The number of hydrogen-bond acceptors (Lipinski definition) is 4. The number of hydrogen-bond donors (Lipinski definition) is 2. The summed E-state index contributed by atoms with van der Waals surface area (Å²) in [6.45, 7) is 1.49. The summed E-state index contributed by atoms with van der Waals surface area (Å²) >= 11 is 1.59. The fourth-order valence-electron chi connectivity index (χ4n) is 2.09. The number of nitrogens with zero attached hydrogens (tertiary/aromatic N) is 1. The summed E-state index contributed by atoms with van der Waals surface area (Å²) in [5.74, 6) is -0.0763. The Morgan fingerprint density at radius 2 is 1.68 bits per heavy atom. The molecule has 0 aliphatic heterocycles. The van der Waals surface area contributed by atoms with Gasteiger partial charge in [-0.15, -0.1) is 11.3 Å². The second-order valence-corrected chi connectivity index (χ2v) is 5.78. The van der Waals surface area contributed by atoms with E-state index >= 15 is 0 Å². The Kier molecular flexibility index (Phi) is 3.89. The molecule has 0 aliphatic rings. The van der Waals surface area contributed by atoms with Crippen LogP contribution < -0.4 is 11.1 Å². The van der Waals surface area contributed by atoms with E-state index in [-0.39, 0.29) is 5.91 Å². The van der Waals surface area contributed by atoms with Gasteiger partial charge >= 0.3 is 0 Å². The molecular formula is C17H15N3OS. The molecule has 0 atom stereocenters. The topological polar surface area (TPSA) is 68.0 Å². The average molecular weight is 309 g/mol. The molecule has 0 fully saturated rings. The third-order valence-corrected chi connectivity index (χ3v) is 4.05. The van der Waals surface area contributed by atoms with Crippen LogP contribution in [0.5, 0.6) is 0 Å². The maximum atomic E-state index is 11.0. The van der Waals surface area contributed by atoms with Gasteiger partial charge in [-0.05, 0) is 36.4 Å². The lowest BCUT2D eigenvalue weighted by Crippen LogP contribution is -2.05. The summed E-state index contributed by atoms with van der Waals surface area (Å²) < 4.78 is 0. The quantitative estimate of drug-likeness (QED) is 0.718. The van der Waals surface area contributed by atoms with Gasteiger partial charge in [0.25, 0.3) is 0 Å². The first-order valence-corrected chi connectivity index (χ1v) is 7.69. The normalized spacial score (nSPS) is 10.4. The molecule has 0 unspecified atom stereocenters. The highest BCUT2D eigenvalue weighted by Crippen LogP contribution is 2.29. The molecule has 0 saturated carbocycles. The van der Waals surface area contributed by atoms with E-state index in [1.165, 1.54) is 6.92 Å². The molecule has 110 valence electrons. The summed E-state index contributed by atoms with van der Waals surface area (Å²) in [5.41, 5.74) is 10.2. The van der Waals surface area contributed by atoms with Gasteiger partial charge in [0.1, 0.15) is 5.01 Å². The molecule has 0 radical (unpaired) electrons. The molecule has 0 spiro atoms. The lowest BCUT2D eigenvalue weighted by molar-refractivity contribution is -0.114. The first-order chi connectivity index (χ1) is 10.6. The Bertz CT molecular complexity index is 792. The third kappa shape index (κ3) is 3.15. The summed E-state index contributed by atoms with van der Waals surface area (Å²) in [7, 11) is 0. The molecular weight excluding hydrogens is 294 g/mol. The van der Waals surface area contributed by atoms with E-state index in [2.05, 4.69) is 10.3 Å². The molecule has 5 heteroatoms. The number of aromatic nitrogens is 1. The van der Waals surface area contributed by atoms with Gasteiger partial charge in [-0.25, -0.2) is 4.98 Å². The largest absolute Gasteiger partial charge is 0.399 e. The van der Waals surface area contributed by atoms with Crippen LogP contribution in [0.15, 0.2) is 53.9 Å². The molecule has 3 aromatic rings. The van der Waals surface area contributed by atoms with Crippen molar-refractivity contribution in [3.05, 3.63) is 53.9 Å². The fourth-order valence-corrected chi connectivity index (χ4v) is 2.93. The SMILES string of the molecule is CC(=O)Nc1ccc(-c2nc(-c3ccc(N)cc3)cs2)cc1. The van der Waals surface area contributed by atoms with Crippen LogP contribution >= 0.6 is 11.3 Å². The summed E-state index contributed by atoms with van der Waals surface area (Å²) in [5, 5.41) is 5.73. The zero-order valence-corrected chi connectivity index (χ0v) is 12.9. The number of rotatable bonds is 3. The summed E-state index contributed by atoms with van der Waals surface area (Å²) in [4.78, 5) is 15.7. The van der Waals surface area contributed by atoms with Gasteiger partial charge in [0.2, 0.25) is 5.91 Å². The molecule has 3 N–H and O–H groups in total. The first kappa shape index (κ1) is 14.3. The van der Waals surface area contributed by atoms with Crippen LogP contribution in [-0.4, -0.2) is 10.9 Å². The maximum absolute atomic E-state index is 11.0. The zero-order valence-electron chi connectivity index (χ0n) is 12.0. The molecule has 1 heterocycles. The number of benzene rings is 2. The van der Waals surface area contributed by atoms with Gasteiger partial charge in [-0.1, -0.05) is 12.1 Å². The molecule has 1 amide bonds. The highest BCUT2D eigenvalue weighted by atomic mass is 32.1. The minimum Gasteiger partial charge on any atom is -0.399 e. The predicted octanol–water partition coefficient (Wildman–Crippen LogP) is 4.02. The van der Waals surface area contributed by atoms with Gasteiger partial charge in [-0.2, -0.15) is 0 Å². The summed E-state index contributed by atoms with van der Waals surface area (Å²) in [6, 6.07) is 15.3. The minimum atomic E-state index is -0.0763. The molecule has 0 aliphatic carbocycles. The van der Waals surface area contributed by atoms with E-state index < -0.39 is 0 Å². The number of thiazole rings is 1. The molecule has 1 aromatic heterocycles.